The van der Waals surface area contributed by atoms with Gasteiger partial charge in [-0.1, -0.05) is 12.1 Å². The summed E-state index contributed by atoms with van der Waals surface area (Å²) in [5.74, 6) is 0. The number of aliphatic hydroxyl groups is 1. The first-order valence-corrected chi connectivity index (χ1v) is 6.62. The van der Waals surface area contributed by atoms with Crippen molar-refractivity contribution in [1.29, 1.82) is 0 Å². The zero-order valence-electron chi connectivity index (χ0n) is 12.3. The van der Waals surface area contributed by atoms with Crippen LogP contribution in [0.15, 0.2) is 24.3 Å². The van der Waals surface area contributed by atoms with Crippen LogP contribution in [0.3, 0.4) is 0 Å². The Hall–Kier alpha value is -1.06. The molecule has 1 aromatic carbocycles. The summed E-state index contributed by atoms with van der Waals surface area (Å²) in [6, 6.07) is 8.44. The molecule has 3 nitrogen and oxygen atoms in total. The third-order valence-corrected chi connectivity index (χ3v) is 2.94. The fraction of sp³-hybridized carbons (Fsp3) is 0.600. The highest BCUT2D eigenvalue weighted by atomic mass is 16.3. The number of rotatable bonds is 6. The van der Waals surface area contributed by atoms with Crippen molar-refractivity contribution in [3.05, 3.63) is 29.8 Å². The molecule has 0 saturated heterocycles. The summed E-state index contributed by atoms with van der Waals surface area (Å²) in [4.78, 5) is 2.23. The number of hydrogen-bond donors (Lipinski definition) is 1. The summed E-state index contributed by atoms with van der Waals surface area (Å²) >= 11 is 0. The van der Waals surface area contributed by atoms with Gasteiger partial charge in [-0.05, 0) is 31.5 Å². The summed E-state index contributed by atoms with van der Waals surface area (Å²) in [7, 11) is 6.31. The molecule has 0 spiro atoms. The molecular weight excluding hydrogens is 224 g/mol. The maximum absolute atomic E-state index is 10.2. The summed E-state index contributed by atoms with van der Waals surface area (Å²) in [5, 5.41) is 10.2. The molecular formula is C15H27N2O+. The Morgan fingerprint density at radius 1 is 1.28 bits per heavy atom. The first kappa shape index (κ1) is 15.0. The number of aliphatic hydroxyl groups excluding tert-OH is 1. The van der Waals surface area contributed by atoms with Crippen LogP contribution in [0, 0.1) is 6.92 Å². The summed E-state index contributed by atoms with van der Waals surface area (Å²) in [6.07, 6.45) is -0.300. The third kappa shape index (κ3) is 5.07. The predicted molar refractivity (Wildman–Crippen MR) is 78.0 cm³/mol. The molecule has 0 saturated carbocycles. The minimum absolute atomic E-state index is 0.300. The highest BCUT2D eigenvalue weighted by molar-refractivity contribution is 5.48. The van der Waals surface area contributed by atoms with Gasteiger partial charge in [-0.2, -0.15) is 0 Å². The normalized spacial score (nSPS) is 13.4. The van der Waals surface area contributed by atoms with E-state index in [0.717, 1.165) is 17.6 Å². The molecule has 0 aliphatic heterocycles. The van der Waals surface area contributed by atoms with Gasteiger partial charge in [0.25, 0.3) is 0 Å². The van der Waals surface area contributed by atoms with Crippen molar-refractivity contribution in [1.82, 2.24) is 0 Å². The van der Waals surface area contributed by atoms with Gasteiger partial charge in [-0.3, -0.25) is 0 Å². The van der Waals surface area contributed by atoms with Crippen LogP contribution < -0.4 is 4.90 Å². The second kappa shape index (κ2) is 6.21. The van der Waals surface area contributed by atoms with Crippen molar-refractivity contribution in [2.24, 2.45) is 0 Å². The molecule has 1 rings (SSSR count). The Labute approximate surface area is 111 Å². The van der Waals surface area contributed by atoms with Crippen LogP contribution >= 0.6 is 0 Å². The molecule has 1 aromatic rings. The number of likely N-dealkylation sites (N-methyl/N-ethyl adjacent to an activating group) is 2. The fourth-order valence-corrected chi connectivity index (χ4v) is 2.19. The lowest BCUT2D eigenvalue weighted by Gasteiger charge is -2.31. The Balaban J connectivity index is 2.67. The van der Waals surface area contributed by atoms with Crippen LogP contribution in [-0.2, 0) is 0 Å². The number of quaternary nitrogens is 1. The monoisotopic (exact) mass is 251 g/mol. The Kier molecular flexibility index (Phi) is 5.17. The number of nitrogens with zero attached hydrogens (tertiary/aromatic N) is 2. The van der Waals surface area contributed by atoms with E-state index in [1.54, 1.807) is 0 Å². The SMILES string of the molecule is CCN(CC(O)C[N+](C)(C)C)c1cccc(C)c1. The summed E-state index contributed by atoms with van der Waals surface area (Å²) in [6.45, 7) is 6.59. The van der Waals surface area contributed by atoms with Gasteiger partial charge < -0.3 is 14.5 Å². The molecule has 0 amide bonds. The highest BCUT2D eigenvalue weighted by Crippen LogP contribution is 2.16. The molecule has 0 aliphatic carbocycles. The van der Waals surface area contributed by atoms with E-state index in [1.165, 1.54) is 11.3 Å². The van der Waals surface area contributed by atoms with Crippen LogP contribution in [0.4, 0.5) is 5.69 Å². The Morgan fingerprint density at radius 2 is 1.94 bits per heavy atom. The van der Waals surface area contributed by atoms with Crippen LogP contribution in [-0.4, -0.2) is 56.5 Å². The molecule has 18 heavy (non-hydrogen) atoms. The van der Waals surface area contributed by atoms with Crippen LogP contribution in [0.5, 0.6) is 0 Å². The lowest BCUT2D eigenvalue weighted by molar-refractivity contribution is -0.873. The molecule has 1 N–H and O–H groups in total. The number of benzene rings is 1. The highest BCUT2D eigenvalue weighted by Gasteiger charge is 2.18. The van der Waals surface area contributed by atoms with E-state index in [2.05, 4.69) is 64.2 Å². The van der Waals surface area contributed by atoms with E-state index in [1.807, 2.05) is 0 Å². The average Bonchev–Trinajstić information content (AvgIpc) is 2.23. The maximum atomic E-state index is 10.2. The smallest absolute Gasteiger partial charge is 0.120 e. The second-order valence-electron chi connectivity index (χ2n) is 6.00. The molecule has 102 valence electrons. The van der Waals surface area contributed by atoms with Gasteiger partial charge in [-0.15, -0.1) is 0 Å². The summed E-state index contributed by atoms with van der Waals surface area (Å²) in [5.41, 5.74) is 2.45. The Bertz CT molecular complexity index is 371. The van der Waals surface area contributed by atoms with E-state index in [9.17, 15) is 5.11 Å². The lowest BCUT2D eigenvalue weighted by atomic mass is 10.2. The van der Waals surface area contributed by atoms with Crippen molar-refractivity contribution >= 4 is 5.69 Å². The number of aryl methyl sites for hydroxylation is 1. The Morgan fingerprint density at radius 3 is 2.44 bits per heavy atom. The zero-order chi connectivity index (χ0) is 13.8. The second-order valence-corrected chi connectivity index (χ2v) is 6.00. The largest absolute Gasteiger partial charge is 0.385 e. The molecule has 3 heteroatoms. The first-order chi connectivity index (χ1) is 8.31. The van der Waals surface area contributed by atoms with Gasteiger partial charge >= 0.3 is 0 Å². The molecule has 0 aromatic heterocycles. The van der Waals surface area contributed by atoms with Gasteiger partial charge in [0.15, 0.2) is 0 Å². The molecule has 1 atom stereocenters. The van der Waals surface area contributed by atoms with Crippen molar-refractivity contribution in [3.8, 4) is 0 Å². The predicted octanol–water partition coefficient (Wildman–Crippen LogP) is 1.89. The van der Waals surface area contributed by atoms with Crippen LogP contribution in [0.2, 0.25) is 0 Å². The molecule has 0 radical (unpaired) electrons. The van der Waals surface area contributed by atoms with E-state index >= 15 is 0 Å². The minimum atomic E-state index is -0.300. The summed E-state index contributed by atoms with van der Waals surface area (Å²) < 4.78 is 0.784. The van der Waals surface area contributed by atoms with Gasteiger partial charge in [0.1, 0.15) is 12.6 Å². The van der Waals surface area contributed by atoms with Crippen molar-refractivity contribution < 1.29 is 9.59 Å². The van der Waals surface area contributed by atoms with Gasteiger partial charge in [0.2, 0.25) is 0 Å². The molecule has 0 heterocycles. The van der Waals surface area contributed by atoms with Gasteiger partial charge in [-0.25, -0.2) is 0 Å². The third-order valence-electron chi connectivity index (χ3n) is 2.94. The lowest BCUT2D eigenvalue weighted by Crippen LogP contribution is -2.46. The fourth-order valence-electron chi connectivity index (χ4n) is 2.19. The topological polar surface area (TPSA) is 23.5 Å². The average molecular weight is 251 g/mol. The van der Waals surface area contributed by atoms with E-state index in [0.29, 0.717) is 6.54 Å². The van der Waals surface area contributed by atoms with Gasteiger partial charge in [0.05, 0.1) is 21.1 Å². The first-order valence-electron chi connectivity index (χ1n) is 6.62. The van der Waals surface area contributed by atoms with Crippen molar-refractivity contribution in [2.45, 2.75) is 20.0 Å². The van der Waals surface area contributed by atoms with Gasteiger partial charge in [0, 0.05) is 18.8 Å². The van der Waals surface area contributed by atoms with Crippen molar-refractivity contribution in [2.75, 3.05) is 45.7 Å². The van der Waals surface area contributed by atoms with Crippen molar-refractivity contribution in [3.63, 3.8) is 0 Å². The van der Waals surface area contributed by atoms with E-state index < -0.39 is 0 Å². The van der Waals surface area contributed by atoms with Crippen LogP contribution in [0.1, 0.15) is 12.5 Å². The number of hydrogen-bond acceptors (Lipinski definition) is 2. The molecule has 0 aliphatic rings. The van der Waals surface area contributed by atoms with E-state index in [-0.39, 0.29) is 6.10 Å². The number of anilines is 1. The molecule has 1 unspecified atom stereocenters. The zero-order valence-corrected chi connectivity index (χ0v) is 12.3. The molecule has 0 fully saturated rings. The maximum Gasteiger partial charge on any atom is 0.120 e. The molecule has 0 bridgehead atoms. The minimum Gasteiger partial charge on any atom is -0.385 e. The van der Waals surface area contributed by atoms with E-state index in [4.69, 9.17) is 0 Å². The standard InChI is InChI=1S/C15H27N2O/c1-6-16(11-15(18)12-17(3,4)5)14-9-7-8-13(2)10-14/h7-10,15,18H,6,11-12H2,1-5H3/q+1. The quantitative estimate of drug-likeness (QED) is 0.781. The van der Waals surface area contributed by atoms with Crippen LogP contribution in [0.25, 0.3) is 0 Å².